The maximum absolute atomic E-state index is 5.52. The van der Waals surface area contributed by atoms with E-state index in [1.165, 1.54) is 0 Å². The van der Waals surface area contributed by atoms with Crippen molar-refractivity contribution in [1.82, 2.24) is 4.98 Å². The number of hydrogen-bond acceptors (Lipinski definition) is 1. The Hall–Kier alpha value is -0.340. The van der Waals surface area contributed by atoms with Gasteiger partial charge in [0.1, 0.15) is 4.60 Å². The highest BCUT2D eigenvalue weighted by Gasteiger charge is 1.87. The van der Waals surface area contributed by atoms with Crippen LogP contribution in [-0.2, 0) is 0 Å². The van der Waals surface area contributed by atoms with E-state index in [0.717, 1.165) is 16.6 Å². The molecule has 3 heteroatoms. The van der Waals surface area contributed by atoms with Gasteiger partial charge in [-0.2, -0.15) is 0 Å². The molecule has 0 saturated heterocycles. The van der Waals surface area contributed by atoms with E-state index in [2.05, 4.69) is 20.9 Å². The third-order valence-corrected chi connectivity index (χ3v) is 2.02. The molecule has 1 heterocycles. The summed E-state index contributed by atoms with van der Waals surface area (Å²) < 4.78 is 0.858. The molecule has 0 saturated carbocycles. The van der Waals surface area contributed by atoms with E-state index in [1.807, 2.05) is 30.5 Å². The molecule has 0 atom stereocenters. The molecule has 0 aliphatic rings. The fourth-order valence-corrected chi connectivity index (χ4v) is 1.13. The Morgan fingerprint density at radius 2 is 2.33 bits per heavy atom. The number of alkyl halides is 1. The molecule has 12 heavy (non-hydrogen) atoms. The molecular weight excluding hydrogens is 237 g/mol. The van der Waals surface area contributed by atoms with Crippen molar-refractivity contribution < 1.29 is 0 Å². The van der Waals surface area contributed by atoms with Crippen LogP contribution in [0.15, 0.2) is 29.0 Å². The number of rotatable bonds is 3. The Morgan fingerprint density at radius 1 is 1.50 bits per heavy atom. The minimum Gasteiger partial charge on any atom is -0.249 e. The maximum atomic E-state index is 5.52. The number of allylic oxidation sites excluding steroid dienone is 1. The first-order valence-electron chi connectivity index (χ1n) is 3.67. The summed E-state index contributed by atoms with van der Waals surface area (Å²) >= 11 is 8.79. The fraction of sp³-hybridized carbons (Fsp3) is 0.222. The fourth-order valence-electron chi connectivity index (χ4n) is 0.768. The highest BCUT2D eigenvalue weighted by Crippen LogP contribution is 2.07. The standard InChI is InChI=1S/C9H9BrClN/c10-9-5-4-8(7-12-9)3-1-2-6-11/h1,3-5,7H,2,6H2. The van der Waals surface area contributed by atoms with Gasteiger partial charge < -0.3 is 0 Å². The van der Waals surface area contributed by atoms with E-state index < -0.39 is 0 Å². The van der Waals surface area contributed by atoms with Gasteiger partial charge in [-0.1, -0.05) is 18.2 Å². The normalized spacial score (nSPS) is 10.8. The summed E-state index contributed by atoms with van der Waals surface area (Å²) in [6, 6.07) is 3.92. The smallest absolute Gasteiger partial charge is 0.106 e. The summed E-state index contributed by atoms with van der Waals surface area (Å²) in [7, 11) is 0. The van der Waals surface area contributed by atoms with Gasteiger partial charge in [-0.25, -0.2) is 4.98 Å². The molecule has 0 N–H and O–H groups in total. The first kappa shape index (κ1) is 9.75. The van der Waals surface area contributed by atoms with E-state index in [-0.39, 0.29) is 0 Å². The lowest BCUT2D eigenvalue weighted by molar-refractivity contribution is 1.23. The first-order valence-corrected chi connectivity index (χ1v) is 5.00. The van der Waals surface area contributed by atoms with Gasteiger partial charge in [0.15, 0.2) is 0 Å². The zero-order valence-electron chi connectivity index (χ0n) is 6.50. The minimum atomic E-state index is 0.667. The van der Waals surface area contributed by atoms with Crippen molar-refractivity contribution in [1.29, 1.82) is 0 Å². The molecule has 0 aliphatic heterocycles. The van der Waals surface area contributed by atoms with E-state index in [1.54, 1.807) is 0 Å². The molecule has 0 bridgehead atoms. The third kappa shape index (κ3) is 3.37. The van der Waals surface area contributed by atoms with E-state index in [4.69, 9.17) is 11.6 Å². The molecule has 1 aromatic heterocycles. The summed E-state index contributed by atoms with van der Waals surface area (Å²) in [6.07, 6.45) is 6.77. The van der Waals surface area contributed by atoms with Gasteiger partial charge in [0, 0.05) is 12.1 Å². The summed E-state index contributed by atoms with van der Waals surface area (Å²) in [5.74, 6) is 0.667. The third-order valence-electron chi connectivity index (χ3n) is 1.34. The van der Waals surface area contributed by atoms with E-state index in [9.17, 15) is 0 Å². The summed E-state index contributed by atoms with van der Waals surface area (Å²) in [4.78, 5) is 4.09. The van der Waals surface area contributed by atoms with Gasteiger partial charge in [0.25, 0.3) is 0 Å². The Morgan fingerprint density at radius 3 is 2.92 bits per heavy atom. The second-order valence-corrected chi connectivity index (χ2v) is 3.48. The Labute approximate surface area is 85.6 Å². The zero-order chi connectivity index (χ0) is 8.81. The van der Waals surface area contributed by atoms with Crippen LogP contribution in [0.5, 0.6) is 0 Å². The van der Waals surface area contributed by atoms with Gasteiger partial charge >= 0.3 is 0 Å². The molecule has 0 aliphatic carbocycles. The lowest BCUT2D eigenvalue weighted by Crippen LogP contribution is -1.76. The summed E-state index contributed by atoms with van der Waals surface area (Å²) in [5.41, 5.74) is 1.10. The van der Waals surface area contributed by atoms with Crippen molar-refractivity contribution in [2.75, 3.05) is 5.88 Å². The Balaban J connectivity index is 2.58. The van der Waals surface area contributed by atoms with Crippen LogP contribution in [0.25, 0.3) is 6.08 Å². The SMILES string of the molecule is ClCCC=Cc1ccc(Br)nc1. The maximum Gasteiger partial charge on any atom is 0.106 e. The van der Waals surface area contributed by atoms with E-state index >= 15 is 0 Å². The topological polar surface area (TPSA) is 12.9 Å². The van der Waals surface area contributed by atoms with E-state index in [0.29, 0.717) is 5.88 Å². The van der Waals surface area contributed by atoms with Crippen molar-refractivity contribution in [3.05, 3.63) is 34.6 Å². The molecule has 1 rings (SSSR count). The number of pyridine rings is 1. The Kier molecular flexibility index (Phi) is 4.33. The Bertz CT molecular complexity index is 256. The first-order chi connectivity index (χ1) is 5.83. The minimum absolute atomic E-state index is 0.667. The van der Waals surface area contributed by atoms with Crippen LogP contribution in [0, 0.1) is 0 Å². The van der Waals surface area contributed by atoms with Gasteiger partial charge in [-0.15, -0.1) is 11.6 Å². The predicted octanol–water partition coefficient (Wildman–Crippen LogP) is 3.49. The van der Waals surface area contributed by atoms with Crippen molar-refractivity contribution in [2.45, 2.75) is 6.42 Å². The number of aromatic nitrogens is 1. The summed E-state index contributed by atoms with van der Waals surface area (Å²) in [6.45, 7) is 0. The molecule has 1 aromatic rings. The monoisotopic (exact) mass is 245 g/mol. The number of nitrogens with zero attached hydrogens (tertiary/aromatic N) is 1. The molecule has 0 radical (unpaired) electrons. The van der Waals surface area contributed by atoms with Crippen molar-refractivity contribution in [3.63, 3.8) is 0 Å². The largest absolute Gasteiger partial charge is 0.249 e. The molecule has 0 aromatic carbocycles. The van der Waals surface area contributed by atoms with Gasteiger partial charge in [0.2, 0.25) is 0 Å². The van der Waals surface area contributed by atoms with Crippen LogP contribution in [0.3, 0.4) is 0 Å². The van der Waals surface area contributed by atoms with Crippen molar-refractivity contribution >= 4 is 33.6 Å². The second kappa shape index (κ2) is 5.33. The molecule has 0 spiro atoms. The lowest BCUT2D eigenvalue weighted by Gasteiger charge is -1.91. The van der Waals surface area contributed by atoms with Crippen LogP contribution in [-0.4, -0.2) is 10.9 Å². The van der Waals surface area contributed by atoms with Crippen LogP contribution in [0.4, 0.5) is 0 Å². The van der Waals surface area contributed by atoms with Gasteiger partial charge in [-0.3, -0.25) is 0 Å². The van der Waals surface area contributed by atoms with Gasteiger partial charge in [0.05, 0.1) is 0 Å². The van der Waals surface area contributed by atoms with Crippen LogP contribution in [0.2, 0.25) is 0 Å². The molecule has 64 valence electrons. The highest BCUT2D eigenvalue weighted by molar-refractivity contribution is 9.10. The van der Waals surface area contributed by atoms with Crippen LogP contribution in [0.1, 0.15) is 12.0 Å². The van der Waals surface area contributed by atoms with Gasteiger partial charge in [-0.05, 0) is 34.0 Å². The molecular formula is C9H9BrClN. The van der Waals surface area contributed by atoms with Crippen LogP contribution >= 0.6 is 27.5 Å². The average molecular weight is 247 g/mol. The molecule has 0 unspecified atom stereocenters. The van der Waals surface area contributed by atoms with Crippen molar-refractivity contribution in [3.8, 4) is 0 Å². The predicted molar refractivity (Wildman–Crippen MR) is 56.3 cm³/mol. The second-order valence-electron chi connectivity index (χ2n) is 2.29. The van der Waals surface area contributed by atoms with Crippen molar-refractivity contribution in [2.24, 2.45) is 0 Å². The molecule has 1 nitrogen and oxygen atoms in total. The average Bonchev–Trinajstić information content (AvgIpc) is 2.09. The molecule has 0 amide bonds. The van der Waals surface area contributed by atoms with Crippen LogP contribution < -0.4 is 0 Å². The highest BCUT2D eigenvalue weighted by atomic mass is 79.9. The molecule has 0 fully saturated rings. The zero-order valence-corrected chi connectivity index (χ0v) is 8.85. The number of hydrogen-bond donors (Lipinski definition) is 0. The quantitative estimate of drug-likeness (QED) is 0.588. The summed E-state index contributed by atoms with van der Waals surface area (Å²) in [5, 5.41) is 0. The number of halogens is 2. The lowest BCUT2D eigenvalue weighted by atomic mass is 10.2.